The molecule has 0 aliphatic carbocycles. The topological polar surface area (TPSA) is 47.3 Å². The van der Waals surface area contributed by atoms with E-state index in [-0.39, 0.29) is 0 Å². The summed E-state index contributed by atoms with van der Waals surface area (Å²) in [5.74, 6) is 4.28. The minimum absolute atomic E-state index is 1.68. The van der Waals surface area contributed by atoms with Gasteiger partial charge in [0, 0.05) is 11.8 Å². The van der Waals surface area contributed by atoms with Crippen molar-refractivity contribution in [3.63, 3.8) is 0 Å². The maximum Gasteiger partial charge on any atom is 0.00466 e. The lowest BCUT2D eigenvalue weighted by Gasteiger charge is -1.75. The molecule has 0 amide bonds. The molecule has 0 aromatic heterocycles. The number of nitrogens with one attached hydrogen (secondary N) is 1. The predicted molar refractivity (Wildman–Crippen MR) is 14.3 cm³/mol. The van der Waals surface area contributed by atoms with Gasteiger partial charge in [0.1, 0.15) is 0 Å². The van der Waals surface area contributed by atoms with E-state index in [9.17, 15) is 0 Å². The molecule has 0 rings (SSSR count). The van der Waals surface area contributed by atoms with Crippen molar-refractivity contribution in [3.8, 4) is 0 Å². The molecule has 3 N–H and O–H groups in total. The Hall–Kier alpha value is 0.170. The lowest BCUT2D eigenvalue weighted by atomic mass is 13.3. The summed E-state index contributed by atoms with van der Waals surface area (Å²) >= 11 is 4.59. The van der Waals surface area contributed by atoms with Gasteiger partial charge in [0.2, 0.25) is 0 Å². The Morgan fingerprint density at radius 1 is 2.00 bits per heavy atom. The van der Waals surface area contributed by atoms with Gasteiger partial charge in [0.25, 0.3) is 0 Å². The first-order valence-electron chi connectivity index (χ1n) is 0.629. The van der Waals surface area contributed by atoms with Gasteiger partial charge in [0.15, 0.2) is 0 Å². The molecule has 0 aromatic carbocycles. The number of hydrogen-bond donors (Lipinski definition) is 2. The van der Waals surface area contributed by atoms with Gasteiger partial charge < -0.3 is 0 Å². The maximum absolute atomic E-state index is 4.59. The SMILES string of the molecule is NONCl. The summed E-state index contributed by atoms with van der Waals surface area (Å²) in [5.41, 5.74) is 0. The number of hydrogen-bond acceptors (Lipinski definition) is 3. The molecule has 0 aliphatic heterocycles. The molecule has 0 unspecified atom stereocenters. The van der Waals surface area contributed by atoms with Crippen molar-refractivity contribution >= 4 is 11.8 Å². The number of nitrogens with two attached hydrogens (primary N) is 1. The standard InChI is InChI=1S/ClH3N2O/c1-3-4-2/h3H,2H2. The molecule has 3 nitrogen and oxygen atoms in total. The highest BCUT2D eigenvalue weighted by atomic mass is 35.5. The van der Waals surface area contributed by atoms with Crippen LogP contribution in [0, 0.1) is 0 Å². The highest BCUT2D eigenvalue weighted by Crippen LogP contribution is 1.47. The third kappa shape index (κ3) is 2.17. The lowest BCUT2D eigenvalue weighted by molar-refractivity contribution is 0.0977. The van der Waals surface area contributed by atoms with E-state index in [0.29, 0.717) is 0 Å². The summed E-state index contributed by atoms with van der Waals surface area (Å²) in [5, 5.41) is 0. The van der Waals surface area contributed by atoms with E-state index >= 15 is 0 Å². The zero-order valence-electron chi connectivity index (χ0n) is 1.86. The van der Waals surface area contributed by atoms with Crippen LogP contribution < -0.4 is 10.9 Å². The third-order valence-electron chi connectivity index (χ3n) is 0.0445. The van der Waals surface area contributed by atoms with Gasteiger partial charge in [-0.05, 0) is 0 Å². The molecule has 0 saturated heterocycles. The first-order chi connectivity index (χ1) is 1.91. The van der Waals surface area contributed by atoms with Gasteiger partial charge in [-0.3, -0.25) is 0 Å². The van der Waals surface area contributed by atoms with E-state index in [2.05, 4.69) is 22.6 Å². The van der Waals surface area contributed by atoms with Crippen LogP contribution >= 0.6 is 11.8 Å². The van der Waals surface area contributed by atoms with E-state index in [0.717, 1.165) is 0 Å². The minimum Gasteiger partial charge on any atom is -0.201 e. The highest BCUT2D eigenvalue weighted by molar-refractivity contribution is 6.12. The Balaban J connectivity index is 1.97. The molecule has 4 heavy (non-hydrogen) atoms. The van der Waals surface area contributed by atoms with Gasteiger partial charge in [-0.1, -0.05) is 5.00 Å². The maximum atomic E-state index is 4.59. The fraction of sp³-hybridized carbons (Fsp3) is 0. The van der Waals surface area contributed by atoms with Crippen molar-refractivity contribution in [1.82, 2.24) is 5.00 Å². The van der Waals surface area contributed by atoms with Gasteiger partial charge >= 0.3 is 0 Å². The molecule has 0 radical (unpaired) electrons. The van der Waals surface area contributed by atoms with Crippen LogP contribution in [0.5, 0.6) is 0 Å². The minimum atomic E-state index is 1.68. The van der Waals surface area contributed by atoms with Gasteiger partial charge in [-0.25, -0.2) is 4.94 Å². The normalized spacial score (nSPS) is 7.50. The summed E-state index contributed by atoms with van der Waals surface area (Å²) in [4.78, 5) is 5.24. The molecule has 0 saturated carbocycles. The molecule has 0 fully saturated rings. The van der Waals surface area contributed by atoms with Crippen molar-refractivity contribution in [3.05, 3.63) is 0 Å². The first-order valence-corrected chi connectivity index (χ1v) is 1.01. The highest BCUT2D eigenvalue weighted by Gasteiger charge is 1.49. The molecule has 4 heteroatoms. The van der Waals surface area contributed by atoms with Crippen LogP contribution in [0.4, 0.5) is 0 Å². The van der Waals surface area contributed by atoms with Gasteiger partial charge in [-0.15, -0.1) is 0 Å². The van der Waals surface area contributed by atoms with E-state index in [1.165, 1.54) is 0 Å². The molecule has 0 aliphatic rings. The molecule has 0 spiro atoms. The largest absolute Gasteiger partial charge is 0.201 e. The zero-order chi connectivity index (χ0) is 3.41. The average molecular weight is 82.5 g/mol. The van der Waals surface area contributed by atoms with Crippen LogP contribution in [0.2, 0.25) is 0 Å². The Morgan fingerprint density at radius 3 is 2.25 bits per heavy atom. The summed E-state index contributed by atoms with van der Waals surface area (Å²) in [6.45, 7) is 0. The van der Waals surface area contributed by atoms with Crippen LogP contribution in [0.25, 0.3) is 0 Å². The monoisotopic (exact) mass is 82.0 g/mol. The van der Waals surface area contributed by atoms with Crippen molar-refractivity contribution in [2.45, 2.75) is 0 Å². The summed E-state index contributed by atoms with van der Waals surface area (Å²) in [7, 11) is 0. The van der Waals surface area contributed by atoms with E-state index < -0.39 is 0 Å². The Kier molecular flexibility index (Phi) is 3.30. The molecule has 0 aromatic rings. The predicted octanol–water partition coefficient (Wildman–Crippen LogP) is -0.465. The zero-order valence-corrected chi connectivity index (χ0v) is 2.62. The second-order valence-electron chi connectivity index (χ2n) is 0.195. The van der Waals surface area contributed by atoms with Crippen LogP contribution in [0.1, 0.15) is 0 Å². The lowest BCUT2D eigenvalue weighted by Crippen LogP contribution is -2.05. The molecular formula is H3ClN2O. The molecule has 0 heterocycles. The van der Waals surface area contributed by atoms with E-state index in [1.54, 1.807) is 5.00 Å². The van der Waals surface area contributed by atoms with Crippen molar-refractivity contribution in [1.29, 1.82) is 0 Å². The number of rotatable bonds is 1. The Morgan fingerprint density at radius 2 is 2.25 bits per heavy atom. The molecule has 0 atom stereocenters. The fourth-order valence-electron chi connectivity index (χ4n) is 0. The Labute approximate surface area is 28.7 Å². The second kappa shape index (κ2) is 3.17. The Bertz CT molecular complexity index is 8.00. The van der Waals surface area contributed by atoms with Crippen molar-refractivity contribution in [2.75, 3.05) is 0 Å². The molecule has 26 valence electrons. The van der Waals surface area contributed by atoms with Gasteiger partial charge in [0.05, 0.1) is 0 Å². The number of halogens is 1. The fourth-order valence-corrected chi connectivity index (χ4v) is 0. The molecular weight excluding hydrogens is 79.5 g/mol. The van der Waals surface area contributed by atoms with E-state index in [4.69, 9.17) is 0 Å². The first kappa shape index (κ1) is 4.17. The molecule has 0 bridgehead atoms. The van der Waals surface area contributed by atoms with Crippen LogP contribution in [-0.4, -0.2) is 0 Å². The van der Waals surface area contributed by atoms with Crippen molar-refractivity contribution in [2.24, 2.45) is 5.90 Å². The van der Waals surface area contributed by atoms with E-state index in [1.807, 2.05) is 0 Å². The van der Waals surface area contributed by atoms with Crippen LogP contribution in [0.15, 0.2) is 0 Å². The van der Waals surface area contributed by atoms with Crippen molar-refractivity contribution < 1.29 is 4.94 Å². The second-order valence-corrected chi connectivity index (χ2v) is 0.349. The summed E-state index contributed by atoms with van der Waals surface area (Å²) < 4.78 is 0. The third-order valence-corrected chi connectivity index (χ3v) is 0.134. The smallest absolute Gasteiger partial charge is 0.00466 e. The van der Waals surface area contributed by atoms with Crippen LogP contribution in [0.3, 0.4) is 0 Å². The summed E-state index contributed by atoms with van der Waals surface area (Å²) in [6.07, 6.45) is 0. The van der Waals surface area contributed by atoms with Crippen LogP contribution in [-0.2, 0) is 4.94 Å². The van der Waals surface area contributed by atoms with Gasteiger partial charge in [-0.2, -0.15) is 5.90 Å². The summed E-state index contributed by atoms with van der Waals surface area (Å²) in [6, 6.07) is 0. The quantitative estimate of drug-likeness (QED) is 0.332. The average Bonchev–Trinajstić information content (AvgIpc) is 1.37.